The molecule has 0 aliphatic rings. The molecule has 96 valence electrons. The lowest BCUT2D eigenvalue weighted by atomic mass is 9.96. The van der Waals surface area contributed by atoms with E-state index in [0.717, 1.165) is 12.2 Å². The van der Waals surface area contributed by atoms with E-state index in [4.69, 9.17) is 10.5 Å². The van der Waals surface area contributed by atoms with Gasteiger partial charge in [-0.1, -0.05) is 40.5 Å². The summed E-state index contributed by atoms with van der Waals surface area (Å²) in [5, 5.41) is 0. The maximum absolute atomic E-state index is 5.76. The minimum Gasteiger partial charge on any atom is -0.478 e. The molecule has 1 aromatic rings. The van der Waals surface area contributed by atoms with Crippen molar-refractivity contribution in [3.63, 3.8) is 0 Å². The highest BCUT2D eigenvalue weighted by Gasteiger charge is 2.18. The Morgan fingerprint density at radius 3 is 2.53 bits per heavy atom. The van der Waals surface area contributed by atoms with Gasteiger partial charge in [-0.25, -0.2) is 4.98 Å². The molecule has 4 nitrogen and oxygen atoms in total. The van der Waals surface area contributed by atoms with Gasteiger partial charge in [-0.15, -0.1) is 0 Å². The molecule has 0 saturated carbocycles. The largest absolute Gasteiger partial charge is 0.478 e. The van der Waals surface area contributed by atoms with Crippen LogP contribution in [0.2, 0.25) is 0 Å². The summed E-state index contributed by atoms with van der Waals surface area (Å²) >= 11 is 0. The first kappa shape index (κ1) is 13.7. The number of hydrogen-bond donors (Lipinski definition) is 1. The van der Waals surface area contributed by atoms with Crippen molar-refractivity contribution in [2.45, 2.75) is 52.4 Å². The Bertz CT molecular complexity index is 358. The molecular weight excluding hydrogens is 214 g/mol. The number of hydrogen-bond acceptors (Lipinski definition) is 4. The van der Waals surface area contributed by atoms with Gasteiger partial charge in [-0.2, -0.15) is 4.98 Å². The highest BCUT2D eigenvalue weighted by Crippen LogP contribution is 2.22. The van der Waals surface area contributed by atoms with Crippen molar-refractivity contribution in [3.8, 4) is 5.88 Å². The third-order valence-corrected chi connectivity index (χ3v) is 2.39. The van der Waals surface area contributed by atoms with Gasteiger partial charge >= 0.3 is 0 Å². The standard InChI is InChI=1S/C13H23N3O/c1-5-6-7-8-17-11-9-10(14)15-12(16-11)13(2,3)4/h9H,5-8H2,1-4H3,(H2,14,15,16). The van der Waals surface area contributed by atoms with Crippen LogP contribution in [0.15, 0.2) is 6.07 Å². The van der Waals surface area contributed by atoms with E-state index in [-0.39, 0.29) is 5.41 Å². The second kappa shape index (κ2) is 5.84. The smallest absolute Gasteiger partial charge is 0.218 e. The molecule has 0 radical (unpaired) electrons. The number of rotatable bonds is 5. The predicted octanol–water partition coefficient (Wildman–Crippen LogP) is 2.93. The molecule has 0 atom stereocenters. The van der Waals surface area contributed by atoms with Crippen LogP contribution in [0.4, 0.5) is 5.82 Å². The van der Waals surface area contributed by atoms with Crippen LogP contribution in [0, 0.1) is 0 Å². The lowest BCUT2D eigenvalue weighted by Crippen LogP contribution is -2.17. The van der Waals surface area contributed by atoms with Gasteiger partial charge in [-0.05, 0) is 6.42 Å². The van der Waals surface area contributed by atoms with Crippen molar-refractivity contribution in [2.75, 3.05) is 12.3 Å². The quantitative estimate of drug-likeness (QED) is 0.800. The first-order valence-corrected chi connectivity index (χ1v) is 6.21. The van der Waals surface area contributed by atoms with Gasteiger partial charge in [0.25, 0.3) is 0 Å². The van der Waals surface area contributed by atoms with Gasteiger partial charge in [0.05, 0.1) is 6.61 Å². The van der Waals surface area contributed by atoms with Gasteiger partial charge in [0.2, 0.25) is 5.88 Å². The summed E-state index contributed by atoms with van der Waals surface area (Å²) in [5.74, 6) is 1.77. The molecule has 0 saturated heterocycles. The number of nitrogen functional groups attached to an aromatic ring is 1. The number of aromatic nitrogens is 2. The van der Waals surface area contributed by atoms with Crippen molar-refractivity contribution in [1.82, 2.24) is 9.97 Å². The molecule has 0 aromatic carbocycles. The Labute approximate surface area is 104 Å². The highest BCUT2D eigenvalue weighted by molar-refractivity contribution is 5.34. The molecule has 0 aliphatic carbocycles. The van der Waals surface area contributed by atoms with Crippen LogP contribution in [0.5, 0.6) is 5.88 Å². The summed E-state index contributed by atoms with van der Waals surface area (Å²) in [5.41, 5.74) is 5.64. The predicted molar refractivity (Wildman–Crippen MR) is 70.2 cm³/mol. The minimum absolute atomic E-state index is 0.114. The molecule has 1 aromatic heterocycles. The number of nitrogens with zero attached hydrogens (tertiary/aromatic N) is 2. The highest BCUT2D eigenvalue weighted by atomic mass is 16.5. The monoisotopic (exact) mass is 237 g/mol. The average Bonchev–Trinajstić information content (AvgIpc) is 2.22. The van der Waals surface area contributed by atoms with Crippen molar-refractivity contribution in [3.05, 3.63) is 11.9 Å². The summed E-state index contributed by atoms with van der Waals surface area (Å²) in [6.07, 6.45) is 3.40. The molecular formula is C13H23N3O. The normalized spacial score (nSPS) is 11.5. The zero-order valence-corrected chi connectivity index (χ0v) is 11.3. The number of anilines is 1. The van der Waals surface area contributed by atoms with Crippen molar-refractivity contribution >= 4 is 5.82 Å². The van der Waals surface area contributed by atoms with Crippen molar-refractivity contribution in [2.24, 2.45) is 0 Å². The fourth-order valence-corrected chi connectivity index (χ4v) is 1.38. The third-order valence-electron chi connectivity index (χ3n) is 2.39. The topological polar surface area (TPSA) is 61.0 Å². The zero-order chi connectivity index (χ0) is 12.9. The fourth-order valence-electron chi connectivity index (χ4n) is 1.38. The van der Waals surface area contributed by atoms with Crippen LogP contribution in [-0.2, 0) is 5.41 Å². The molecule has 1 heterocycles. The van der Waals surface area contributed by atoms with E-state index in [2.05, 4.69) is 37.7 Å². The SMILES string of the molecule is CCCCCOc1cc(N)nc(C(C)(C)C)n1. The third kappa shape index (κ3) is 4.59. The van der Waals surface area contributed by atoms with Crippen molar-refractivity contribution in [1.29, 1.82) is 0 Å². The molecule has 2 N–H and O–H groups in total. The lowest BCUT2D eigenvalue weighted by Gasteiger charge is -2.17. The maximum Gasteiger partial charge on any atom is 0.218 e. The number of unbranched alkanes of at least 4 members (excludes halogenated alkanes) is 2. The van der Waals surface area contributed by atoms with E-state index in [0.29, 0.717) is 18.3 Å². The summed E-state index contributed by atoms with van der Waals surface area (Å²) < 4.78 is 5.59. The Balaban J connectivity index is 2.69. The molecule has 0 unspecified atom stereocenters. The fraction of sp³-hybridized carbons (Fsp3) is 0.692. The average molecular weight is 237 g/mol. The van der Waals surface area contributed by atoms with Crippen LogP contribution in [0.1, 0.15) is 52.8 Å². The molecule has 0 aliphatic heterocycles. The van der Waals surface area contributed by atoms with Crippen LogP contribution in [0.25, 0.3) is 0 Å². The second-order valence-electron chi connectivity index (χ2n) is 5.26. The molecule has 0 bridgehead atoms. The summed E-state index contributed by atoms with van der Waals surface area (Å²) in [4.78, 5) is 8.63. The summed E-state index contributed by atoms with van der Waals surface area (Å²) in [7, 11) is 0. The maximum atomic E-state index is 5.76. The van der Waals surface area contributed by atoms with Crippen LogP contribution >= 0.6 is 0 Å². The van der Waals surface area contributed by atoms with Crippen LogP contribution in [0.3, 0.4) is 0 Å². The van der Waals surface area contributed by atoms with Gasteiger partial charge in [-0.3, -0.25) is 0 Å². The Hall–Kier alpha value is -1.32. The van der Waals surface area contributed by atoms with E-state index >= 15 is 0 Å². The Morgan fingerprint density at radius 2 is 1.94 bits per heavy atom. The molecule has 1 rings (SSSR count). The van der Waals surface area contributed by atoms with Gasteiger partial charge in [0.15, 0.2) is 0 Å². The first-order valence-electron chi connectivity index (χ1n) is 6.21. The molecule has 4 heteroatoms. The second-order valence-corrected chi connectivity index (χ2v) is 5.26. The zero-order valence-electron chi connectivity index (χ0n) is 11.3. The summed E-state index contributed by atoms with van der Waals surface area (Å²) in [6, 6.07) is 1.68. The van der Waals surface area contributed by atoms with E-state index in [1.807, 2.05) is 0 Å². The molecule has 0 amide bonds. The van der Waals surface area contributed by atoms with E-state index < -0.39 is 0 Å². The Kier molecular flexibility index (Phi) is 4.73. The van der Waals surface area contributed by atoms with Crippen molar-refractivity contribution < 1.29 is 4.74 Å². The van der Waals surface area contributed by atoms with Gasteiger partial charge < -0.3 is 10.5 Å². The molecule has 0 fully saturated rings. The van der Waals surface area contributed by atoms with E-state index in [9.17, 15) is 0 Å². The van der Waals surface area contributed by atoms with Crippen LogP contribution < -0.4 is 10.5 Å². The minimum atomic E-state index is -0.114. The molecule has 17 heavy (non-hydrogen) atoms. The Morgan fingerprint density at radius 1 is 1.24 bits per heavy atom. The number of nitrogens with two attached hydrogens (primary N) is 1. The first-order chi connectivity index (χ1) is 7.93. The number of ether oxygens (including phenoxy) is 1. The van der Waals surface area contributed by atoms with E-state index in [1.54, 1.807) is 6.07 Å². The lowest BCUT2D eigenvalue weighted by molar-refractivity contribution is 0.291. The van der Waals surface area contributed by atoms with Gasteiger partial charge in [0, 0.05) is 11.5 Å². The van der Waals surface area contributed by atoms with E-state index in [1.165, 1.54) is 12.8 Å². The summed E-state index contributed by atoms with van der Waals surface area (Å²) in [6.45, 7) is 9.03. The van der Waals surface area contributed by atoms with Gasteiger partial charge in [0.1, 0.15) is 11.6 Å². The molecule has 0 spiro atoms. The van der Waals surface area contributed by atoms with Crippen LogP contribution in [-0.4, -0.2) is 16.6 Å².